The molecule has 3 heterocycles. The van der Waals surface area contributed by atoms with Crippen molar-refractivity contribution < 1.29 is 0 Å². The summed E-state index contributed by atoms with van der Waals surface area (Å²) in [6.45, 7) is 0. The van der Waals surface area contributed by atoms with E-state index in [1.54, 1.807) is 0 Å². The number of aromatic nitrogens is 1. The van der Waals surface area contributed by atoms with Gasteiger partial charge in [-0.15, -0.1) is 47.0 Å². The zero-order valence-electron chi connectivity index (χ0n) is 21.1. The standard InChI is InChI=1S/C32H33NS4/c1-3-14-28(15-4-1)31(34-20-10-21-35-31)24-26-12-9-13-27(30(26)33-18-7-8-19-33)25-32(36-22-11-23-37-32)29-16-5-2-6-17-29/h1-9,12-19H,10-11,20-25H2. The van der Waals surface area contributed by atoms with Crippen LogP contribution in [0.2, 0.25) is 0 Å². The zero-order valence-corrected chi connectivity index (χ0v) is 24.3. The van der Waals surface area contributed by atoms with Gasteiger partial charge in [0.15, 0.2) is 0 Å². The minimum atomic E-state index is 0.0610. The Morgan fingerprint density at radius 2 is 0.946 bits per heavy atom. The molecular weight excluding hydrogens is 527 g/mol. The van der Waals surface area contributed by atoms with Crippen molar-refractivity contribution in [3.63, 3.8) is 0 Å². The molecule has 0 saturated carbocycles. The predicted octanol–water partition coefficient (Wildman–Crippen LogP) is 9.01. The third-order valence-corrected chi connectivity index (χ3v) is 14.0. The largest absolute Gasteiger partial charge is 0.323 e. The van der Waals surface area contributed by atoms with E-state index < -0.39 is 0 Å². The van der Waals surface area contributed by atoms with E-state index in [0.717, 1.165) is 12.8 Å². The van der Waals surface area contributed by atoms with Crippen molar-refractivity contribution in [2.75, 3.05) is 23.0 Å². The second-order valence-corrected chi connectivity index (χ2v) is 15.8. The molecule has 2 aliphatic heterocycles. The van der Waals surface area contributed by atoms with Crippen LogP contribution in [0.3, 0.4) is 0 Å². The molecule has 37 heavy (non-hydrogen) atoms. The maximum atomic E-state index is 2.38. The molecular formula is C32H33NS4. The summed E-state index contributed by atoms with van der Waals surface area (Å²) in [7, 11) is 0. The molecule has 0 atom stereocenters. The molecule has 5 heteroatoms. The smallest absolute Gasteiger partial charge is 0.0901 e. The zero-order chi connectivity index (χ0) is 25.0. The fraction of sp³-hybridized carbons (Fsp3) is 0.312. The summed E-state index contributed by atoms with van der Waals surface area (Å²) in [5.41, 5.74) is 7.19. The monoisotopic (exact) mass is 559 g/mol. The first-order valence-corrected chi connectivity index (χ1v) is 17.1. The molecule has 1 nitrogen and oxygen atoms in total. The average molecular weight is 560 g/mol. The van der Waals surface area contributed by atoms with E-state index in [4.69, 9.17) is 0 Å². The van der Waals surface area contributed by atoms with Gasteiger partial charge >= 0.3 is 0 Å². The van der Waals surface area contributed by atoms with Gasteiger partial charge in [0, 0.05) is 25.2 Å². The third kappa shape index (κ3) is 5.43. The van der Waals surface area contributed by atoms with Crippen molar-refractivity contribution in [2.45, 2.75) is 33.8 Å². The number of nitrogens with zero attached hydrogens (tertiary/aromatic N) is 1. The highest BCUT2D eigenvalue weighted by Crippen LogP contribution is 2.55. The molecule has 2 aliphatic rings. The van der Waals surface area contributed by atoms with E-state index in [1.165, 1.54) is 63.8 Å². The summed E-state index contributed by atoms with van der Waals surface area (Å²) in [5.74, 6) is 4.91. The number of hydrogen-bond acceptors (Lipinski definition) is 4. The lowest BCUT2D eigenvalue weighted by Gasteiger charge is -2.39. The van der Waals surface area contributed by atoms with Crippen LogP contribution < -0.4 is 0 Å². The quantitative estimate of drug-likeness (QED) is 0.222. The molecule has 0 bridgehead atoms. The number of rotatable bonds is 7. The Morgan fingerprint density at radius 1 is 0.514 bits per heavy atom. The Balaban J connectivity index is 1.44. The number of para-hydroxylation sites is 1. The Hall–Kier alpha value is -1.66. The topological polar surface area (TPSA) is 4.93 Å². The van der Waals surface area contributed by atoms with Crippen molar-refractivity contribution in [1.29, 1.82) is 0 Å². The first-order chi connectivity index (χ1) is 18.3. The van der Waals surface area contributed by atoms with Crippen LogP contribution in [0.15, 0.2) is 103 Å². The molecule has 6 rings (SSSR count). The molecule has 0 spiro atoms. The van der Waals surface area contributed by atoms with Crippen molar-refractivity contribution in [1.82, 2.24) is 4.57 Å². The van der Waals surface area contributed by atoms with Crippen LogP contribution in [0.1, 0.15) is 35.1 Å². The summed E-state index contributed by atoms with van der Waals surface area (Å²) >= 11 is 8.59. The highest BCUT2D eigenvalue weighted by molar-refractivity contribution is 8.18. The summed E-state index contributed by atoms with van der Waals surface area (Å²) < 4.78 is 2.50. The van der Waals surface area contributed by atoms with E-state index in [0.29, 0.717) is 0 Å². The fourth-order valence-corrected chi connectivity index (χ4v) is 12.3. The SMILES string of the molecule is c1ccc(C2(Cc3cccc(CC4(c5ccccc5)SCCCS4)c3-n3cccc3)SCCCS2)cc1. The van der Waals surface area contributed by atoms with Gasteiger partial charge in [0.1, 0.15) is 0 Å². The van der Waals surface area contributed by atoms with Gasteiger partial charge in [-0.2, -0.15) is 0 Å². The molecule has 0 radical (unpaired) electrons. The van der Waals surface area contributed by atoms with Gasteiger partial charge in [0.25, 0.3) is 0 Å². The van der Waals surface area contributed by atoms with Crippen LogP contribution in [0.4, 0.5) is 0 Å². The third-order valence-electron chi connectivity index (χ3n) is 7.26. The maximum absolute atomic E-state index is 2.38. The van der Waals surface area contributed by atoms with Gasteiger partial charge in [-0.25, -0.2) is 0 Å². The molecule has 3 aromatic carbocycles. The number of hydrogen-bond donors (Lipinski definition) is 0. The van der Waals surface area contributed by atoms with E-state index >= 15 is 0 Å². The molecule has 1 aromatic heterocycles. The van der Waals surface area contributed by atoms with E-state index in [9.17, 15) is 0 Å². The van der Waals surface area contributed by atoms with Crippen LogP contribution in [-0.4, -0.2) is 27.6 Å². The average Bonchev–Trinajstić information content (AvgIpc) is 3.50. The van der Waals surface area contributed by atoms with Gasteiger partial charge in [0.2, 0.25) is 0 Å². The minimum absolute atomic E-state index is 0.0610. The van der Waals surface area contributed by atoms with Crippen molar-refractivity contribution in [3.05, 3.63) is 126 Å². The van der Waals surface area contributed by atoms with Crippen LogP contribution in [0.25, 0.3) is 5.69 Å². The first kappa shape index (κ1) is 25.6. The Bertz CT molecular complexity index is 1190. The number of benzene rings is 3. The Kier molecular flexibility index (Phi) is 8.04. The minimum Gasteiger partial charge on any atom is -0.323 e. The predicted molar refractivity (Wildman–Crippen MR) is 168 cm³/mol. The van der Waals surface area contributed by atoms with Gasteiger partial charge < -0.3 is 4.57 Å². The number of thioether (sulfide) groups is 4. The normalized spacial score (nSPS) is 18.9. The van der Waals surface area contributed by atoms with E-state index in [-0.39, 0.29) is 8.16 Å². The Morgan fingerprint density at radius 3 is 1.38 bits per heavy atom. The molecule has 0 aliphatic carbocycles. The van der Waals surface area contributed by atoms with E-state index in [1.807, 2.05) is 0 Å². The van der Waals surface area contributed by atoms with Crippen molar-refractivity contribution in [2.24, 2.45) is 0 Å². The maximum Gasteiger partial charge on any atom is 0.0901 e. The summed E-state index contributed by atoms with van der Waals surface area (Å²) in [5, 5.41) is 0. The van der Waals surface area contributed by atoms with Crippen molar-refractivity contribution >= 4 is 47.0 Å². The van der Waals surface area contributed by atoms with Gasteiger partial charge in [-0.3, -0.25) is 0 Å². The molecule has 190 valence electrons. The van der Waals surface area contributed by atoms with Gasteiger partial charge in [-0.1, -0.05) is 78.9 Å². The van der Waals surface area contributed by atoms with Crippen LogP contribution in [-0.2, 0) is 21.0 Å². The fourth-order valence-electron chi connectivity index (χ4n) is 5.52. The molecule has 0 amide bonds. The van der Waals surface area contributed by atoms with Crippen molar-refractivity contribution in [3.8, 4) is 5.69 Å². The van der Waals surface area contributed by atoms with Crippen LogP contribution in [0, 0.1) is 0 Å². The molecule has 2 fully saturated rings. The highest BCUT2D eigenvalue weighted by Gasteiger charge is 2.39. The second-order valence-electron chi connectivity index (χ2n) is 9.71. The van der Waals surface area contributed by atoms with Crippen LogP contribution >= 0.6 is 47.0 Å². The Labute approximate surface area is 238 Å². The molecule has 0 N–H and O–H groups in total. The highest BCUT2D eigenvalue weighted by atomic mass is 32.2. The lowest BCUT2D eigenvalue weighted by molar-refractivity contribution is 0.809. The summed E-state index contributed by atoms with van der Waals surface area (Å²) in [4.78, 5) is 0. The first-order valence-electron chi connectivity index (χ1n) is 13.2. The molecule has 4 aromatic rings. The van der Waals surface area contributed by atoms with Gasteiger partial charge in [0.05, 0.1) is 13.8 Å². The lowest BCUT2D eigenvalue weighted by Crippen LogP contribution is -2.28. The van der Waals surface area contributed by atoms with Crippen LogP contribution in [0.5, 0.6) is 0 Å². The van der Waals surface area contributed by atoms with Gasteiger partial charge in [-0.05, 0) is 70.2 Å². The molecule has 0 unspecified atom stereocenters. The van der Waals surface area contributed by atoms with E-state index in [2.05, 4.69) is 155 Å². The summed E-state index contributed by atoms with van der Waals surface area (Å²) in [6, 6.07) is 33.9. The molecule has 2 saturated heterocycles. The summed E-state index contributed by atoms with van der Waals surface area (Å²) in [6.07, 6.45) is 9.12. The lowest BCUT2D eigenvalue weighted by atomic mass is 9.95. The second kappa shape index (κ2) is 11.6.